The average molecular weight is 283 g/mol. The van der Waals surface area contributed by atoms with Crippen molar-refractivity contribution in [2.75, 3.05) is 6.54 Å². The fourth-order valence-electron chi connectivity index (χ4n) is 2.95. The zero-order valence-corrected chi connectivity index (χ0v) is 11.5. The maximum absolute atomic E-state index is 12.5. The lowest BCUT2D eigenvalue weighted by Crippen LogP contribution is -2.49. The van der Waals surface area contributed by atoms with Crippen LogP contribution in [0.3, 0.4) is 0 Å². The van der Waals surface area contributed by atoms with Gasteiger partial charge in [0.1, 0.15) is 5.54 Å². The molecule has 110 valence electrons. The Kier molecular flexibility index (Phi) is 4.38. The van der Waals surface area contributed by atoms with Gasteiger partial charge in [-0.25, -0.2) is 8.78 Å². The molecule has 5 heteroatoms. The molecule has 0 bridgehead atoms. The Labute approximate surface area is 117 Å². The van der Waals surface area contributed by atoms with E-state index >= 15 is 0 Å². The molecule has 1 heterocycles. The van der Waals surface area contributed by atoms with Crippen LogP contribution < -0.4 is 0 Å². The van der Waals surface area contributed by atoms with Crippen molar-refractivity contribution in [3.8, 4) is 0 Å². The largest absolute Gasteiger partial charge is 0.480 e. The molecule has 2 rings (SSSR count). The molecule has 20 heavy (non-hydrogen) atoms. The number of aliphatic carboxylic acids is 1. The molecule has 0 spiro atoms. The minimum atomic E-state index is -2.47. The van der Waals surface area contributed by atoms with E-state index in [0.717, 1.165) is 18.5 Å². The lowest BCUT2D eigenvalue weighted by molar-refractivity contribution is -0.150. The number of hydrogen-bond donors (Lipinski definition) is 1. The summed E-state index contributed by atoms with van der Waals surface area (Å²) in [6.07, 6.45) is -0.412. The summed E-state index contributed by atoms with van der Waals surface area (Å²) in [7, 11) is 0. The fourth-order valence-corrected chi connectivity index (χ4v) is 2.95. The molecule has 1 aliphatic rings. The summed E-state index contributed by atoms with van der Waals surface area (Å²) in [5.74, 6) is -0.790. The Hall–Kier alpha value is -1.49. The molecule has 1 aliphatic heterocycles. The SMILES string of the molecule is CCC1(C(=O)O)CCCN1Cc1ccc(C(F)F)cc1. The van der Waals surface area contributed by atoms with E-state index in [9.17, 15) is 18.7 Å². The van der Waals surface area contributed by atoms with Crippen molar-refractivity contribution in [3.63, 3.8) is 0 Å². The van der Waals surface area contributed by atoms with Crippen LogP contribution in [0, 0.1) is 0 Å². The Bertz CT molecular complexity index is 475. The van der Waals surface area contributed by atoms with E-state index in [1.165, 1.54) is 12.1 Å². The van der Waals surface area contributed by atoms with Crippen LogP contribution in [-0.4, -0.2) is 28.1 Å². The second-order valence-corrected chi connectivity index (χ2v) is 5.26. The minimum Gasteiger partial charge on any atom is -0.480 e. The second kappa shape index (κ2) is 5.87. The molecule has 0 aromatic heterocycles. The molecule has 1 atom stereocenters. The first-order valence-corrected chi connectivity index (χ1v) is 6.85. The Morgan fingerprint density at radius 2 is 2.05 bits per heavy atom. The summed E-state index contributed by atoms with van der Waals surface area (Å²) < 4.78 is 25.0. The minimum absolute atomic E-state index is 0.00448. The number of hydrogen-bond acceptors (Lipinski definition) is 2. The molecular formula is C15H19F2NO2. The monoisotopic (exact) mass is 283 g/mol. The van der Waals surface area contributed by atoms with E-state index in [1.807, 2.05) is 11.8 Å². The molecule has 1 saturated heterocycles. The van der Waals surface area contributed by atoms with Crippen molar-refractivity contribution >= 4 is 5.97 Å². The standard InChI is InChI=1S/C15H19F2NO2/c1-2-15(14(19)20)8-3-9-18(15)10-11-4-6-12(7-5-11)13(16)17/h4-7,13H,2-3,8-10H2,1H3,(H,19,20). The van der Waals surface area contributed by atoms with Crippen LogP contribution in [0.5, 0.6) is 0 Å². The molecule has 0 saturated carbocycles. The van der Waals surface area contributed by atoms with Gasteiger partial charge in [-0.2, -0.15) is 0 Å². The van der Waals surface area contributed by atoms with Crippen molar-refractivity contribution in [2.45, 2.75) is 44.7 Å². The van der Waals surface area contributed by atoms with E-state index in [-0.39, 0.29) is 5.56 Å². The smallest absolute Gasteiger partial charge is 0.324 e. The summed E-state index contributed by atoms with van der Waals surface area (Å²) >= 11 is 0. The normalized spacial score (nSPS) is 23.4. The highest BCUT2D eigenvalue weighted by Gasteiger charge is 2.45. The summed E-state index contributed by atoms with van der Waals surface area (Å²) in [4.78, 5) is 13.5. The number of carboxylic acid groups (broad SMARTS) is 1. The molecule has 1 unspecified atom stereocenters. The third kappa shape index (κ3) is 2.68. The zero-order valence-electron chi connectivity index (χ0n) is 11.5. The molecule has 0 radical (unpaired) electrons. The van der Waals surface area contributed by atoms with E-state index < -0.39 is 17.9 Å². The highest BCUT2D eigenvalue weighted by Crippen LogP contribution is 2.34. The van der Waals surface area contributed by atoms with E-state index in [1.54, 1.807) is 12.1 Å². The Morgan fingerprint density at radius 1 is 1.40 bits per heavy atom. The van der Waals surface area contributed by atoms with Crippen molar-refractivity contribution < 1.29 is 18.7 Å². The Balaban J connectivity index is 2.14. The van der Waals surface area contributed by atoms with E-state index in [0.29, 0.717) is 19.4 Å². The van der Waals surface area contributed by atoms with Gasteiger partial charge in [-0.1, -0.05) is 31.2 Å². The quantitative estimate of drug-likeness (QED) is 0.899. The number of carboxylic acids is 1. The van der Waals surface area contributed by atoms with Gasteiger partial charge in [0.15, 0.2) is 0 Å². The Morgan fingerprint density at radius 3 is 2.55 bits per heavy atom. The van der Waals surface area contributed by atoms with Gasteiger partial charge in [-0.3, -0.25) is 9.69 Å². The number of halogens is 2. The summed E-state index contributed by atoms with van der Waals surface area (Å²) in [6, 6.07) is 6.12. The zero-order chi connectivity index (χ0) is 14.8. The van der Waals surface area contributed by atoms with Gasteiger partial charge in [0.05, 0.1) is 0 Å². The van der Waals surface area contributed by atoms with E-state index in [2.05, 4.69) is 0 Å². The molecule has 1 aromatic carbocycles. The first-order valence-electron chi connectivity index (χ1n) is 6.85. The van der Waals surface area contributed by atoms with Crippen molar-refractivity contribution in [1.82, 2.24) is 4.90 Å². The number of alkyl halides is 2. The number of carbonyl (C=O) groups is 1. The van der Waals surface area contributed by atoms with Crippen LogP contribution in [-0.2, 0) is 11.3 Å². The molecular weight excluding hydrogens is 264 g/mol. The van der Waals surface area contributed by atoms with Crippen LogP contribution in [0.15, 0.2) is 24.3 Å². The number of likely N-dealkylation sites (tertiary alicyclic amines) is 1. The topological polar surface area (TPSA) is 40.5 Å². The highest BCUT2D eigenvalue weighted by atomic mass is 19.3. The first kappa shape index (κ1) is 14.9. The van der Waals surface area contributed by atoms with Crippen LogP contribution in [0.2, 0.25) is 0 Å². The molecule has 0 amide bonds. The number of rotatable bonds is 5. The highest BCUT2D eigenvalue weighted by molar-refractivity contribution is 5.79. The molecule has 3 nitrogen and oxygen atoms in total. The second-order valence-electron chi connectivity index (χ2n) is 5.26. The average Bonchev–Trinajstić information content (AvgIpc) is 2.83. The number of benzene rings is 1. The molecule has 1 N–H and O–H groups in total. The van der Waals surface area contributed by atoms with Gasteiger partial charge >= 0.3 is 5.97 Å². The van der Waals surface area contributed by atoms with Gasteiger partial charge in [-0.05, 0) is 31.4 Å². The first-order chi connectivity index (χ1) is 9.49. The third-order valence-corrected chi connectivity index (χ3v) is 4.21. The lowest BCUT2D eigenvalue weighted by atomic mass is 9.92. The fraction of sp³-hybridized carbons (Fsp3) is 0.533. The summed E-state index contributed by atoms with van der Waals surface area (Å²) in [6.45, 7) is 3.10. The predicted octanol–water partition coefficient (Wildman–Crippen LogP) is 3.45. The molecule has 0 aliphatic carbocycles. The summed E-state index contributed by atoms with van der Waals surface area (Å²) in [5, 5.41) is 9.49. The predicted molar refractivity (Wildman–Crippen MR) is 71.7 cm³/mol. The van der Waals surface area contributed by atoms with Crippen LogP contribution in [0.25, 0.3) is 0 Å². The van der Waals surface area contributed by atoms with Gasteiger partial charge in [0.25, 0.3) is 6.43 Å². The van der Waals surface area contributed by atoms with Crippen LogP contribution in [0.1, 0.15) is 43.7 Å². The van der Waals surface area contributed by atoms with Gasteiger partial charge in [0.2, 0.25) is 0 Å². The maximum atomic E-state index is 12.5. The molecule has 1 aromatic rings. The maximum Gasteiger partial charge on any atom is 0.324 e. The van der Waals surface area contributed by atoms with Crippen molar-refractivity contribution in [1.29, 1.82) is 0 Å². The summed E-state index contributed by atoms with van der Waals surface area (Å²) in [5.41, 5.74) is 0.0621. The van der Waals surface area contributed by atoms with Crippen molar-refractivity contribution in [3.05, 3.63) is 35.4 Å². The van der Waals surface area contributed by atoms with Gasteiger partial charge in [0, 0.05) is 12.1 Å². The van der Waals surface area contributed by atoms with Gasteiger partial charge in [-0.15, -0.1) is 0 Å². The lowest BCUT2D eigenvalue weighted by Gasteiger charge is -2.33. The number of nitrogens with zero attached hydrogens (tertiary/aromatic N) is 1. The van der Waals surface area contributed by atoms with E-state index in [4.69, 9.17) is 0 Å². The van der Waals surface area contributed by atoms with Gasteiger partial charge < -0.3 is 5.11 Å². The molecule has 1 fully saturated rings. The van der Waals surface area contributed by atoms with Crippen LogP contribution in [0.4, 0.5) is 8.78 Å². The van der Waals surface area contributed by atoms with Crippen molar-refractivity contribution in [2.24, 2.45) is 0 Å². The third-order valence-electron chi connectivity index (χ3n) is 4.21. The van der Waals surface area contributed by atoms with Crippen LogP contribution >= 0.6 is 0 Å².